The second-order valence-electron chi connectivity index (χ2n) is 5.56. The molecule has 1 saturated heterocycles. The molecule has 6 heteroatoms. The van der Waals surface area contributed by atoms with Crippen LogP contribution in [0.4, 0.5) is 0 Å². The number of rotatable bonds is 2. The number of fused-ring (bicyclic) bond motifs is 1. The number of primary amides is 1. The van der Waals surface area contributed by atoms with E-state index in [0.717, 1.165) is 23.8 Å². The Morgan fingerprint density at radius 2 is 2.19 bits per heavy atom. The molecule has 3 N–H and O–H groups in total. The molecule has 1 atom stereocenters. The molecule has 1 aliphatic heterocycles. The Kier molecular flexibility index (Phi) is 3.37. The topological polar surface area (TPSA) is 92.1 Å². The predicted molar refractivity (Wildman–Crippen MR) is 78.7 cm³/mol. The molecule has 1 aliphatic rings. The normalized spacial score (nSPS) is 18.9. The van der Waals surface area contributed by atoms with Gasteiger partial charge in [-0.2, -0.15) is 5.10 Å². The number of nitrogens with zero attached hydrogens (tertiary/aromatic N) is 2. The Balaban J connectivity index is 2.03. The van der Waals surface area contributed by atoms with Gasteiger partial charge in [-0.3, -0.25) is 14.7 Å². The van der Waals surface area contributed by atoms with Crippen LogP contribution in [0, 0.1) is 6.92 Å². The summed E-state index contributed by atoms with van der Waals surface area (Å²) in [4.78, 5) is 26.0. The van der Waals surface area contributed by atoms with E-state index in [1.807, 2.05) is 19.1 Å². The van der Waals surface area contributed by atoms with Gasteiger partial charge in [0.1, 0.15) is 6.04 Å². The van der Waals surface area contributed by atoms with E-state index in [2.05, 4.69) is 10.2 Å². The number of carbonyl (C=O) groups is 2. The van der Waals surface area contributed by atoms with Gasteiger partial charge in [0.05, 0.1) is 17.3 Å². The van der Waals surface area contributed by atoms with E-state index in [1.165, 1.54) is 0 Å². The number of hydrogen-bond donors (Lipinski definition) is 2. The number of aromatic nitrogens is 2. The fraction of sp³-hybridized carbons (Fsp3) is 0.400. The minimum Gasteiger partial charge on any atom is -0.368 e. The monoisotopic (exact) mass is 286 g/mol. The van der Waals surface area contributed by atoms with E-state index < -0.39 is 11.9 Å². The van der Waals surface area contributed by atoms with Crippen LogP contribution in [0.25, 0.3) is 10.9 Å². The van der Waals surface area contributed by atoms with Gasteiger partial charge in [0, 0.05) is 11.9 Å². The zero-order valence-electron chi connectivity index (χ0n) is 11.9. The molecule has 2 aromatic rings. The molecule has 1 unspecified atom stereocenters. The van der Waals surface area contributed by atoms with Crippen LogP contribution in [0.3, 0.4) is 0 Å². The van der Waals surface area contributed by atoms with Crippen LogP contribution in [-0.2, 0) is 4.79 Å². The summed E-state index contributed by atoms with van der Waals surface area (Å²) < 4.78 is 0. The number of nitrogens with one attached hydrogen (secondary N) is 1. The fourth-order valence-corrected chi connectivity index (χ4v) is 3.00. The quantitative estimate of drug-likeness (QED) is 0.872. The summed E-state index contributed by atoms with van der Waals surface area (Å²) in [5.74, 6) is -0.590. The number of piperidine rings is 1. The first kappa shape index (κ1) is 13.6. The Bertz CT molecular complexity index is 707. The first-order chi connectivity index (χ1) is 10.1. The third kappa shape index (κ3) is 2.37. The lowest BCUT2D eigenvalue weighted by Gasteiger charge is -2.33. The molecule has 2 heterocycles. The number of nitrogens with two attached hydrogens (primary N) is 1. The number of benzene rings is 1. The van der Waals surface area contributed by atoms with E-state index in [4.69, 9.17) is 5.73 Å². The number of amides is 2. The second kappa shape index (κ2) is 5.20. The summed E-state index contributed by atoms with van der Waals surface area (Å²) in [7, 11) is 0. The Morgan fingerprint density at radius 1 is 1.38 bits per heavy atom. The van der Waals surface area contributed by atoms with Crippen molar-refractivity contribution in [1.29, 1.82) is 0 Å². The van der Waals surface area contributed by atoms with Crippen molar-refractivity contribution in [2.24, 2.45) is 5.73 Å². The Labute approximate surface area is 122 Å². The van der Waals surface area contributed by atoms with Crippen molar-refractivity contribution in [2.75, 3.05) is 6.54 Å². The molecule has 0 spiro atoms. The van der Waals surface area contributed by atoms with Crippen molar-refractivity contribution in [3.63, 3.8) is 0 Å². The molecule has 2 amide bonds. The van der Waals surface area contributed by atoms with Crippen molar-refractivity contribution in [3.05, 3.63) is 29.5 Å². The van der Waals surface area contributed by atoms with Crippen molar-refractivity contribution in [3.8, 4) is 0 Å². The predicted octanol–water partition coefficient (Wildman–Crippen LogP) is 1.35. The number of carbonyl (C=O) groups excluding carboxylic acids is 2. The van der Waals surface area contributed by atoms with Crippen LogP contribution in [-0.4, -0.2) is 39.5 Å². The Hall–Kier alpha value is -2.37. The van der Waals surface area contributed by atoms with Gasteiger partial charge in [-0.1, -0.05) is 0 Å². The summed E-state index contributed by atoms with van der Waals surface area (Å²) in [5, 5.41) is 7.76. The average Bonchev–Trinajstić information content (AvgIpc) is 2.93. The summed E-state index contributed by atoms with van der Waals surface area (Å²) in [5.41, 5.74) is 7.69. The molecule has 1 fully saturated rings. The molecule has 0 saturated carbocycles. The number of hydrogen-bond acceptors (Lipinski definition) is 3. The van der Waals surface area contributed by atoms with Gasteiger partial charge in [0.2, 0.25) is 5.91 Å². The largest absolute Gasteiger partial charge is 0.368 e. The Morgan fingerprint density at radius 3 is 2.95 bits per heavy atom. The maximum absolute atomic E-state index is 12.8. The molecule has 0 bridgehead atoms. The molecular formula is C15H18N4O2. The van der Waals surface area contributed by atoms with E-state index in [-0.39, 0.29) is 5.91 Å². The highest BCUT2D eigenvalue weighted by atomic mass is 16.2. The van der Waals surface area contributed by atoms with Crippen LogP contribution in [0.5, 0.6) is 0 Å². The van der Waals surface area contributed by atoms with Crippen molar-refractivity contribution in [1.82, 2.24) is 15.1 Å². The van der Waals surface area contributed by atoms with E-state index in [9.17, 15) is 9.59 Å². The average molecular weight is 286 g/mol. The van der Waals surface area contributed by atoms with Gasteiger partial charge < -0.3 is 10.6 Å². The van der Waals surface area contributed by atoms with Gasteiger partial charge in [-0.05, 0) is 43.9 Å². The molecule has 6 nitrogen and oxygen atoms in total. The summed E-state index contributed by atoms with van der Waals surface area (Å²) in [6.45, 7) is 2.50. The minimum absolute atomic E-state index is 0.156. The van der Waals surface area contributed by atoms with Crippen molar-refractivity contribution < 1.29 is 9.59 Å². The molecular weight excluding hydrogens is 268 g/mol. The molecule has 110 valence electrons. The second-order valence-corrected chi connectivity index (χ2v) is 5.56. The molecule has 3 rings (SSSR count). The van der Waals surface area contributed by atoms with Crippen LogP contribution in [0.15, 0.2) is 18.3 Å². The van der Waals surface area contributed by atoms with Crippen LogP contribution < -0.4 is 5.73 Å². The molecule has 0 radical (unpaired) electrons. The van der Waals surface area contributed by atoms with Crippen LogP contribution in [0.2, 0.25) is 0 Å². The maximum Gasteiger partial charge on any atom is 0.256 e. The lowest BCUT2D eigenvalue weighted by atomic mass is 9.99. The van der Waals surface area contributed by atoms with Gasteiger partial charge >= 0.3 is 0 Å². The number of aryl methyl sites for hydroxylation is 1. The molecule has 0 aliphatic carbocycles. The number of aromatic amines is 1. The van der Waals surface area contributed by atoms with E-state index in [0.29, 0.717) is 24.0 Å². The standard InChI is InChI=1S/C15H18N4O2/c1-9-6-10-8-17-18-13(10)11(7-9)15(21)19-5-3-2-4-12(19)14(16)20/h6-8,12H,2-5H2,1H3,(H2,16,20)(H,17,18). The summed E-state index contributed by atoms with van der Waals surface area (Å²) >= 11 is 0. The molecule has 1 aromatic carbocycles. The van der Waals surface area contributed by atoms with Crippen molar-refractivity contribution >= 4 is 22.7 Å². The van der Waals surface area contributed by atoms with E-state index >= 15 is 0 Å². The number of likely N-dealkylation sites (tertiary alicyclic amines) is 1. The maximum atomic E-state index is 12.8. The lowest BCUT2D eigenvalue weighted by Crippen LogP contribution is -2.50. The third-order valence-electron chi connectivity index (χ3n) is 4.02. The van der Waals surface area contributed by atoms with Crippen LogP contribution >= 0.6 is 0 Å². The zero-order valence-corrected chi connectivity index (χ0v) is 11.9. The van der Waals surface area contributed by atoms with E-state index in [1.54, 1.807) is 11.1 Å². The van der Waals surface area contributed by atoms with Crippen LogP contribution in [0.1, 0.15) is 35.2 Å². The summed E-state index contributed by atoms with van der Waals surface area (Å²) in [6, 6.07) is 3.29. The highest BCUT2D eigenvalue weighted by Gasteiger charge is 2.32. The fourth-order valence-electron chi connectivity index (χ4n) is 3.00. The lowest BCUT2D eigenvalue weighted by molar-refractivity contribution is -0.123. The zero-order chi connectivity index (χ0) is 15.0. The van der Waals surface area contributed by atoms with Gasteiger partial charge in [-0.15, -0.1) is 0 Å². The van der Waals surface area contributed by atoms with Crippen molar-refractivity contribution in [2.45, 2.75) is 32.2 Å². The molecule has 1 aromatic heterocycles. The van der Waals surface area contributed by atoms with Gasteiger partial charge in [0.15, 0.2) is 0 Å². The first-order valence-corrected chi connectivity index (χ1v) is 7.12. The van der Waals surface area contributed by atoms with Gasteiger partial charge in [-0.25, -0.2) is 0 Å². The highest BCUT2D eigenvalue weighted by molar-refractivity contribution is 6.07. The molecule has 21 heavy (non-hydrogen) atoms. The first-order valence-electron chi connectivity index (χ1n) is 7.12. The number of H-pyrrole nitrogens is 1. The minimum atomic E-state index is -0.510. The summed E-state index contributed by atoms with van der Waals surface area (Å²) in [6.07, 6.45) is 4.15. The third-order valence-corrected chi connectivity index (χ3v) is 4.02. The SMILES string of the molecule is Cc1cc(C(=O)N2CCCCC2C(N)=O)c2[nH]ncc2c1. The smallest absolute Gasteiger partial charge is 0.256 e. The highest BCUT2D eigenvalue weighted by Crippen LogP contribution is 2.24. The van der Waals surface area contributed by atoms with Gasteiger partial charge in [0.25, 0.3) is 5.91 Å².